The molecule has 7 nitrogen and oxygen atoms in total. The van der Waals surface area contributed by atoms with Gasteiger partial charge in [-0.1, -0.05) is 13.8 Å². The third-order valence-electron chi connectivity index (χ3n) is 5.79. The van der Waals surface area contributed by atoms with E-state index in [-0.39, 0.29) is 17.7 Å². The van der Waals surface area contributed by atoms with Crippen molar-refractivity contribution >= 4 is 15.7 Å². The predicted octanol–water partition coefficient (Wildman–Crippen LogP) is 1.03. The molecule has 0 spiro atoms. The number of aryl methyl sites for hydroxylation is 1. The SMILES string of the molecule is Cc1nn(CC(C)C)c(C)c1CC(=O)N1CCN(C2CCS(=O)(=O)C2)CC1. The van der Waals surface area contributed by atoms with E-state index in [0.29, 0.717) is 31.2 Å². The highest BCUT2D eigenvalue weighted by Crippen LogP contribution is 2.20. The highest BCUT2D eigenvalue weighted by Gasteiger charge is 2.34. The molecule has 2 aliphatic rings. The van der Waals surface area contributed by atoms with Crippen molar-refractivity contribution in [2.75, 3.05) is 37.7 Å². The molecule has 0 aliphatic carbocycles. The molecule has 1 unspecified atom stereocenters. The monoisotopic (exact) mass is 396 g/mol. The summed E-state index contributed by atoms with van der Waals surface area (Å²) >= 11 is 0. The van der Waals surface area contributed by atoms with Crippen LogP contribution in [0, 0.1) is 19.8 Å². The van der Waals surface area contributed by atoms with Crippen molar-refractivity contribution in [3.05, 3.63) is 17.0 Å². The van der Waals surface area contributed by atoms with Crippen LogP contribution in [0.1, 0.15) is 37.2 Å². The first kappa shape index (κ1) is 20.3. The standard InChI is InChI=1S/C19H32N4O3S/c1-14(2)12-23-16(4)18(15(3)20-23)11-19(24)22-8-6-21(7-9-22)17-5-10-27(25,26)13-17/h14,17H,5-13H2,1-4H3. The lowest BCUT2D eigenvalue weighted by atomic mass is 10.1. The zero-order valence-electron chi connectivity index (χ0n) is 16.9. The van der Waals surface area contributed by atoms with Crippen molar-refractivity contribution in [1.82, 2.24) is 19.6 Å². The lowest BCUT2D eigenvalue weighted by Gasteiger charge is -2.37. The Labute approximate surface area is 162 Å². The molecule has 2 fully saturated rings. The van der Waals surface area contributed by atoms with E-state index in [4.69, 9.17) is 0 Å². The zero-order valence-corrected chi connectivity index (χ0v) is 17.8. The minimum absolute atomic E-state index is 0.131. The second-order valence-electron chi connectivity index (χ2n) is 8.38. The van der Waals surface area contributed by atoms with E-state index in [1.165, 1.54) is 0 Å². The molecule has 0 radical (unpaired) electrons. The molecule has 1 atom stereocenters. The van der Waals surface area contributed by atoms with Crippen molar-refractivity contribution in [3.8, 4) is 0 Å². The van der Waals surface area contributed by atoms with Crippen molar-refractivity contribution in [2.45, 2.75) is 53.1 Å². The zero-order chi connectivity index (χ0) is 19.8. The highest BCUT2D eigenvalue weighted by atomic mass is 32.2. The molecule has 152 valence electrons. The summed E-state index contributed by atoms with van der Waals surface area (Å²) in [4.78, 5) is 17.0. The molecule has 3 heterocycles. The molecule has 0 saturated carbocycles. The van der Waals surface area contributed by atoms with E-state index < -0.39 is 9.84 Å². The molecular weight excluding hydrogens is 364 g/mol. The Balaban J connectivity index is 1.57. The average molecular weight is 397 g/mol. The number of hydrogen-bond acceptors (Lipinski definition) is 5. The van der Waals surface area contributed by atoms with Crippen molar-refractivity contribution in [3.63, 3.8) is 0 Å². The normalized spacial score (nSPS) is 23.3. The molecule has 2 saturated heterocycles. The van der Waals surface area contributed by atoms with Gasteiger partial charge in [-0.25, -0.2) is 8.42 Å². The second-order valence-corrected chi connectivity index (χ2v) is 10.6. The van der Waals surface area contributed by atoms with Gasteiger partial charge in [0.2, 0.25) is 5.91 Å². The fraction of sp³-hybridized carbons (Fsp3) is 0.789. The first-order valence-corrected chi connectivity index (χ1v) is 11.7. The summed E-state index contributed by atoms with van der Waals surface area (Å²) in [6.07, 6.45) is 1.12. The number of sulfone groups is 1. The third-order valence-corrected chi connectivity index (χ3v) is 7.54. The van der Waals surface area contributed by atoms with Gasteiger partial charge in [-0.05, 0) is 26.2 Å². The summed E-state index contributed by atoms with van der Waals surface area (Å²) in [5.41, 5.74) is 3.07. The summed E-state index contributed by atoms with van der Waals surface area (Å²) in [6, 6.07) is 0.131. The lowest BCUT2D eigenvalue weighted by Crippen LogP contribution is -2.52. The van der Waals surface area contributed by atoms with Crippen LogP contribution in [0.3, 0.4) is 0 Å². The van der Waals surface area contributed by atoms with Crippen LogP contribution in [0.4, 0.5) is 0 Å². The minimum atomic E-state index is -2.86. The van der Waals surface area contributed by atoms with E-state index >= 15 is 0 Å². The molecule has 0 aromatic carbocycles. The molecule has 0 bridgehead atoms. The Bertz CT molecular complexity index is 792. The number of piperazine rings is 1. The molecular formula is C19H32N4O3S. The van der Waals surface area contributed by atoms with Crippen molar-refractivity contribution in [1.29, 1.82) is 0 Å². The molecule has 1 aromatic heterocycles. The maximum Gasteiger partial charge on any atom is 0.227 e. The van der Waals surface area contributed by atoms with Crippen LogP contribution in [-0.2, 0) is 27.6 Å². The van der Waals surface area contributed by atoms with Gasteiger partial charge >= 0.3 is 0 Å². The lowest BCUT2D eigenvalue weighted by molar-refractivity contribution is -0.132. The molecule has 1 amide bonds. The average Bonchev–Trinajstić information content (AvgIpc) is 3.08. The van der Waals surface area contributed by atoms with E-state index in [9.17, 15) is 13.2 Å². The van der Waals surface area contributed by atoms with Crippen molar-refractivity contribution < 1.29 is 13.2 Å². The Morgan fingerprint density at radius 3 is 2.41 bits per heavy atom. The van der Waals surface area contributed by atoms with Gasteiger partial charge in [-0.2, -0.15) is 5.10 Å². The highest BCUT2D eigenvalue weighted by molar-refractivity contribution is 7.91. The van der Waals surface area contributed by atoms with Gasteiger partial charge < -0.3 is 4.90 Å². The number of hydrogen-bond donors (Lipinski definition) is 0. The molecule has 27 heavy (non-hydrogen) atoms. The number of carbonyl (C=O) groups is 1. The van der Waals surface area contributed by atoms with Crippen LogP contribution in [0.25, 0.3) is 0 Å². The number of nitrogens with zero attached hydrogens (tertiary/aromatic N) is 4. The Hall–Kier alpha value is -1.41. The quantitative estimate of drug-likeness (QED) is 0.743. The molecule has 8 heteroatoms. The molecule has 1 aromatic rings. The summed E-state index contributed by atoms with van der Waals surface area (Å²) in [5, 5.41) is 4.61. The Kier molecular flexibility index (Phi) is 5.96. The fourth-order valence-corrected chi connectivity index (χ4v) is 5.94. The number of carbonyl (C=O) groups excluding carboxylic acids is 1. The van der Waals surface area contributed by atoms with Crippen LogP contribution in [0.5, 0.6) is 0 Å². The van der Waals surface area contributed by atoms with Crippen LogP contribution < -0.4 is 0 Å². The van der Waals surface area contributed by atoms with Crippen LogP contribution in [0.2, 0.25) is 0 Å². The topological polar surface area (TPSA) is 75.5 Å². The maximum atomic E-state index is 12.8. The van der Waals surface area contributed by atoms with E-state index in [1.807, 2.05) is 23.4 Å². The van der Waals surface area contributed by atoms with Crippen LogP contribution >= 0.6 is 0 Å². The Morgan fingerprint density at radius 1 is 1.19 bits per heavy atom. The van der Waals surface area contributed by atoms with Crippen LogP contribution in [-0.4, -0.2) is 77.6 Å². The third kappa shape index (κ3) is 4.71. The summed E-state index contributed by atoms with van der Waals surface area (Å²) in [7, 11) is -2.86. The molecule has 0 N–H and O–H groups in total. The Morgan fingerprint density at radius 2 is 1.85 bits per heavy atom. The van der Waals surface area contributed by atoms with E-state index in [2.05, 4.69) is 23.8 Å². The van der Waals surface area contributed by atoms with Crippen molar-refractivity contribution in [2.24, 2.45) is 5.92 Å². The minimum Gasteiger partial charge on any atom is -0.340 e. The second kappa shape index (κ2) is 7.91. The van der Waals surface area contributed by atoms with Gasteiger partial charge in [0.1, 0.15) is 0 Å². The van der Waals surface area contributed by atoms with Crippen LogP contribution in [0.15, 0.2) is 0 Å². The predicted molar refractivity (Wildman–Crippen MR) is 105 cm³/mol. The number of aromatic nitrogens is 2. The molecule has 2 aliphatic heterocycles. The largest absolute Gasteiger partial charge is 0.340 e. The summed E-state index contributed by atoms with van der Waals surface area (Å²) < 4.78 is 25.4. The van der Waals surface area contributed by atoms with E-state index in [1.54, 1.807) is 0 Å². The summed E-state index contributed by atoms with van der Waals surface area (Å²) in [5.74, 6) is 1.23. The van der Waals surface area contributed by atoms with Gasteiger partial charge in [-0.3, -0.25) is 14.4 Å². The first-order chi connectivity index (χ1) is 12.7. The smallest absolute Gasteiger partial charge is 0.227 e. The van der Waals surface area contributed by atoms with Gasteiger partial charge in [0.15, 0.2) is 9.84 Å². The first-order valence-electron chi connectivity index (χ1n) is 9.91. The fourth-order valence-electron chi connectivity index (χ4n) is 4.18. The van der Waals surface area contributed by atoms with Gasteiger partial charge in [0.25, 0.3) is 0 Å². The van der Waals surface area contributed by atoms with Gasteiger partial charge in [0, 0.05) is 50.0 Å². The molecule has 3 rings (SSSR count). The summed E-state index contributed by atoms with van der Waals surface area (Å²) in [6.45, 7) is 12.1. The van der Waals surface area contributed by atoms with Gasteiger partial charge in [-0.15, -0.1) is 0 Å². The number of amides is 1. The number of rotatable bonds is 5. The van der Waals surface area contributed by atoms with Gasteiger partial charge in [0.05, 0.1) is 23.6 Å². The maximum absolute atomic E-state index is 12.8. The van der Waals surface area contributed by atoms with E-state index in [0.717, 1.165) is 43.0 Å².